The van der Waals surface area contributed by atoms with Crippen molar-refractivity contribution in [1.82, 2.24) is 20.4 Å². The van der Waals surface area contributed by atoms with Gasteiger partial charge in [0.25, 0.3) is 0 Å². The number of carbonyl (C=O) groups is 2. The van der Waals surface area contributed by atoms with E-state index in [-0.39, 0.29) is 18.5 Å². The number of anilines is 1. The van der Waals surface area contributed by atoms with Crippen molar-refractivity contribution in [3.63, 3.8) is 0 Å². The molecule has 28 heavy (non-hydrogen) atoms. The van der Waals surface area contributed by atoms with Crippen molar-refractivity contribution >= 4 is 23.6 Å². The van der Waals surface area contributed by atoms with Crippen molar-refractivity contribution in [2.24, 2.45) is 4.99 Å². The van der Waals surface area contributed by atoms with Crippen LogP contribution in [0.25, 0.3) is 0 Å². The lowest BCUT2D eigenvalue weighted by molar-refractivity contribution is -0.124. The van der Waals surface area contributed by atoms with E-state index >= 15 is 0 Å². The molecule has 8 nitrogen and oxygen atoms in total. The molecule has 2 N–H and O–H groups in total. The van der Waals surface area contributed by atoms with Gasteiger partial charge in [-0.2, -0.15) is 0 Å². The van der Waals surface area contributed by atoms with Gasteiger partial charge in [-0.25, -0.2) is 4.79 Å². The lowest BCUT2D eigenvalue weighted by Crippen LogP contribution is -2.53. The third kappa shape index (κ3) is 4.37. The molecule has 3 amide bonds. The Morgan fingerprint density at radius 1 is 1.18 bits per heavy atom. The number of hydrogen-bond acceptors (Lipinski definition) is 4. The maximum atomic E-state index is 11.7. The van der Waals surface area contributed by atoms with E-state index in [0.717, 1.165) is 38.7 Å². The Hall–Kier alpha value is -2.77. The molecule has 0 spiro atoms. The van der Waals surface area contributed by atoms with Gasteiger partial charge in [-0.1, -0.05) is 12.1 Å². The molecule has 1 aromatic rings. The minimum Gasteiger partial charge on any atom is -0.368 e. The van der Waals surface area contributed by atoms with Crippen molar-refractivity contribution in [3.05, 3.63) is 29.3 Å². The van der Waals surface area contributed by atoms with Gasteiger partial charge >= 0.3 is 6.03 Å². The standard InChI is InChI=1S/C20H30N6O2/c1-4-21-19(22-8-9-26-18(27)14-23-20(26)28)25-12-10-24(11-13-25)17-7-5-6-15(2)16(17)3/h5-7H,4,8-14H2,1-3H3,(H,21,22)(H,23,28). The van der Waals surface area contributed by atoms with E-state index in [1.165, 1.54) is 21.7 Å². The Kier molecular flexibility index (Phi) is 6.38. The number of aliphatic imine (C=N–C) groups is 1. The third-order valence-corrected chi connectivity index (χ3v) is 5.35. The summed E-state index contributed by atoms with van der Waals surface area (Å²) in [5.74, 6) is 0.655. The predicted octanol–water partition coefficient (Wildman–Crippen LogP) is 0.943. The van der Waals surface area contributed by atoms with Gasteiger partial charge in [-0.15, -0.1) is 0 Å². The van der Waals surface area contributed by atoms with Gasteiger partial charge in [0.05, 0.1) is 19.6 Å². The molecule has 0 aliphatic carbocycles. The van der Waals surface area contributed by atoms with Crippen molar-refractivity contribution in [2.45, 2.75) is 20.8 Å². The molecule has 2 aliphatic heterocycles. The maximum Gasteiger partial charge on any atom is 0.324 e. The van der Waals surface area contributed by atoms with Crippen molar-refractivity contribution < 1.29 is 9.59 Å². The second kappa shape index (κ2) is 8.95. The molecule has 2 saturated heterocycles. The van der Waals surface area contributed by atoms with Crippen LogP contribution in [0.1, 0.15) is 18.1 Å². The normalized spacial score (nSPS) is 18.0. The predicted molar refractivity (Wildman–Crippen MR) is 111 cm³/mol. The number of piperazine rings is 1. The van der Waals surface area contributed by atoms with Crippen LogP contribution in [-0.2, 0) is 4.79 Å². The second-order valence-corrected chi connectivity index (χ2v) is 7.13. The van der Waals surface area contributed by atoms with Crippen LogP contribution in [-0.4, -0.2) is 80.1 Å². The molecule has 0 radical (unpaired) electrons. The summed E-state index contributed by atoms with van der Waals surface area (Å²) in [6.45, 7) is 11.6. The average molecular weight is 387 g/mol. The van der Waals surface area contributed by atoms with Crippen LogP contribution in [0.5, 0.6) is 0 Å². The van der Waals surface area contributed by atoms with Crippen molar-refractivity contribution in [3.8, 4) is 0 Å². The third-order valence-electron chi connectivity index (χ3n) is 5.35. The fraction of sp³-hybridized carbons (Fsp3) is 0.550. The number of guanidine groups is 1. The topological polar surface area (TPSA) is 80.3 Å². The lowest BCUT2D eigenvalue weighted by atomic mass is 10.1. The van der Waals surface area contributed by atoms with E-state index in [2.05, 4.69) is 57.5 Å². The Morgan fingerprint density at radius 2 is 1.93 bits per heavy atom. The zero-order valence-corrected chi connectivity index (χ0v) is 17.0. The number of urea groups is 1. The summed E-state index contributed by atoms with van der Waals surface area (Å²) in [4.78, 5) is 33.8. The van der Waals surface area contributed by atoms with Gasteiger partial charge in [0, 0.05) is 38.4 Å². The smallest absolute Gasteiger partial charge is 0.324 e. The highest BCUT2D eigenvalue weighted by Gasteiger charge is 2.28. The molecule has 0 bridgehead atoms. The molecular weight excluding hydrogens is 356 g/mol. The van der Waals surface area contributed by atoms with Gasteiger partial charge in [-0.05, 0) is 38.0 Å². The number of nitrogens with zero attached hydrogens (tertiary/aromatic N) is 4. The van der Waals surface area contributed by atoms with Crippen LogP contribution in [0.4, 0.5) is 10.5 Å². The first kappa shape index (κ1) is 20.0. The second-order valence-electron chi connectivity index (χ2n) is 7.13. The SMILES string of the molecule is CCNC(=NCCN1C(=O)CNC1=O)N1CCN(c2cccc(C)c2C)CC1. The van der Waals surface area contributed by atoms with Gasteiger partial charge in [0.1, 0.15) is 0 Å². The number of amides is 3. The first-order valence-corrected chi connectivity index (χ1v) is 9.94. The van der Waals surface area contributed by atoms with E-state index in [0.29, 0.717) is 13.1 Å². The van der Waals surface area contributed by atoms with E-state index in [1.807, 2.05) is 6.92 Å². The molecule has 8 heteroatoms. The van der Waals surface area contributed by atoms with Gasteiger partial charge in [0.2, 0.25) is 5.91 Å². The average Bonchev–Trinajstić information content (AvgIpc) is 3.01. The van der Waals surface area contributed by atoms with Crippen LogP contribution >= 0.6 is 0 Å². The van der Waals surface area contributed by atoms with E-state index in [4.69, 9.17) is 0 Å². The summed E-state index contributed by atoms with van der Waals surface area (Å²) < 4.78 is 0. The molecule has 152 valence electrons. The molecular formula is C20H30N6O2. The molecule has 0 saturated carbocycles. The summed E-state index contributed by atoms with van der Waals surface area (Å²) in [5.41, 5.74) is 3.96. The zero-order chi connectivity index (χ0) is 20.1. The van der Waals surface area contributed by atoms with Gasteiger partial charge < -0.3 is 20.4 Å². The summed E-state index contributed by atoms with van der Waals surface area (Å²) in [6.07, 6.45) is 0. The van der Waals surface area contributed by atoms with Crippen LogP contribution in [0.2, 0.25) is 0 Å². The van der Waals surface area contributed by atoms with Crippen LogP contribution in [0.3, 0.4) is 0 Å². The number of imide groups is 1. The Labute approximate surface area is 166 Å². The minimum atomic E-state index is -0.327. The zero-order valence-electron chi connectivity index (χ0n) is 17.0. The van der Waals surface area contributed by atoms with Crippen LogP contribution < -0.4 is 15.5 Å². The largest absolute Gasteiger partial charge is 0.368 e. The van der Waals surface area contributed by atoms with Crippen molar-refractivity contribution in [2.75, 3.05) is 57.3 Å². The molecule has 0 aromatic heterocycles. The van der Waals surface area contributed by atoms with Crippen LogP contribution in [0.15, 0.2) is 23.2 Å². The van der Waals surface area contributed by atoms with E-state index in [1.54, 1.807) is 0 Å². The quantitative estimate of drug-likeness (QED) is 0.447. The Balaban J connectivity index is 1.58. The highest BCUT2D eigenvalue weighted by Crippen LogP contribution is 2.23. The molecule has 2 fully saturated rings. The van der Waals surface area contributed by atoms with Crippen LogP contribution in [0, 0.1) is 13.8 Å². The molecule has 3 rings (SSSR count). The van der Waals surface area contributed by atoms with E-state index < -0.39 is 0 Å². The summed E-state index contributed by atoms with van der Waals surface area (Å²) in [5, 5.41) is 5.86. The molecule has 1 aromatic carbocycles. The monoisotopic (exact) mass is 386 g/mol. The first-order valence-electron chi connectivity index (χ1n) is 9.94. The molecule has 2 aliphatic rings. The highest BCUT2D eigenvalue weighted by atomic mass is 16.2. The maximum absolute atomic E-state index is 11.7. The Bertz CT molecular complexity index is 739. The number of benzene rings is 1. The van der Waals surface area contributed by atoms with E-state index in [9.17, 15) is 9.59 Å². The van der Waals surface area contributed by atoms with Gasteiger partial charge in [0.15, 0.2) is 5.96 Å². The molecule has 2 heterocycles. The number of aryl methyl sites for hydroxylation is 1. The number of hydrogen-bond donors (Lipinski definition) is 2. The fourth-order valence-corrected chi connectivity index (χ4v) is 3.60. The molecule has 0 unspecified atom stereocenters. The highest BCUT2D eigenvalue weighted by molar-refractivity contribution is 6.01. The van der Waals surface area contributed by atoms with Crippen molar-refractivity contribution in [1.29, 1.82) is 0 Å². The lowest BCUT2D eigenvalue weighted by Gasteiger charge is -2.38. The summed E-state index contributed by atoms with van der Waals surface area (Å²) in [6, 6.07) is 6.13. The first-order chi connectivity index (χ1) is 13.5. The van der Waals surface area contributed by atoms with Gasteiger partial charge in [-0.3, -0.25) is 14.7 Å². The number of nitrogens with one attached hydrogen (secondary N) is 2. The molecule has 0 atom stereocenters. The summed E-state index contributed by atoms with van der Waals surface area (Å²) in [7, 11) is 0. The fourth-order valence-electron chi connectivity index (χ4n) is 3.60. The Morgan fingerprint density at radius 3 is 2.57 bits per heavy atom. The summed E-state index contributed by atoms with van der Waals surface area (Å²) >= 11 is 0. The number of rotatable bonds is 5. The minimum absolute atomic E-state index is 0.0863. The number of carbonyl (C=O) groups excluding carboxylic acids is 2.